The molecule has 34 heavy (non-hydrogen) atoms. The predicted octanol–water partition coefficient (Wildman–Crippen LogP) is 2.23. The minimum Gasteiger partial charge on any atom is -0.493 e. The Morgan fingerprint density at radius 3 is 2.38 bits per heavy atom. The number of hydrogen-bond donors (Lipinski definition) is 2. The number of carbonyl (C=O) groups is 1. The molecule has 3 N–H and O–H groups in total. The van der Waals surface area contributed by atoms with Crippen molar-refractivity contribution < 1.29 is 14.3 Å². The Labute approximate surface area is 197 Å². The number of anilines is 2. The molecule has 9 nitrogen and oxygen atoms in total. The standard InChI is InChI=1S/C25H30N4O5/c1-17-13-18(2)15-20(14-17)34-11-9-21(30)28(10-12-33-3)22-23(26)29(25(32)27-24(22)31)16-19-7-5-4-6-8-19/h4-8,13-15H,9-12,16,26H2,1-3H3,(H,27,31,32). The Morgan fingerprint density at radius 1 is 1.06 bits per heavy atom. The van der Waals surface area contributed by atoms with Crippen molar-refractivity contribution >= 4 is 17.4 Å². The Hall–Kier alpha value is -3.85. The number of aromatic nitrogens is 2. The lowest BCUT2D eigenvalue weighted by atomic mass is 10.1. The van der Waals surface area contributed by atoms with Crippen molar-refractivity contribution in [3.63, 3.8) is 0 Å². The molecule has 1 amide bonds. The molecule has 0 bridgehead atoms. The van der Waals surface area contributed by atoms with Crippen molar-refractivity contribution in [3.05, 3.63) is 86.1 Å². The van der Waals surface area contributed by atoms with E-state index < -0.39 is 11.2 Å². The summed E-state index contributed by atoms with van der Waals surface area (Å²) in [6.07, 6.45) is 0.00734. The number of nitrogens with zero attached hydrogens (tertiary/aromatic N) is 2. The fraction of sp³-hybridized carbons (Fsp3) is 0.320. The van der Waals surface area contributed by atoms with Gasteiger partial charge in [-0.05, 0) is 42.7 Å². The van der Waals surface area contributed by atoms with Gasteiger partial charge in [0.15, 0.2) is 5.69 Å². The molecule has 0 aliphatic carbocycles. The molecule has 2 aromatic carbocycles. The summed E-state index contributed by atoms with van der Waals surface area (Å²) in [6.45, 7) is 4.48. The first-order valence-electron chi connectivity index (χ1n) is 11.0. The largest absolute Gasteiger partial charge is 0.493 e. The summed E-state index contributed by atoms with van der Waals surface area (Å²) >= 11 is 0. The van der Waals surface area contributed by atoms with Gasteiger partial charge in [0.05, 0.1) is 26.2 Å². The Bertz CT molecular complexity index is 1230. The number of aryl methyl sites for hydroxylation is 2. The third-order valence-electron chi connectivity index (χ3n) is 5.27. The van der Waals surface area contributed by atoms with E-state index in [0.717, 1.165) is 16.7 Å². The number of nitrogen functional groups attached to an aromatic ring is 1. The van der Waals surface area contributed by atoms with Gasteiger partial charge in [0.1, 0.15) is 11.6 Å². The van der Waals surface area contributed by atoms with E-state index in [1.54, 1.807) is 0 Å². The first-order chi connectivity index (χ1) is 16.3. The highest BCUT2D eigenvalue weighted by atomic mass is 16.5. The number of nitrogens with two attached hydrogens (primary N) is 1. The molecule has 0 saturated heterocycles. The molecule has 0 radical (unpaired) electrons. The van der Waals surface area contributed by atoms with E-state index in [4.69, 9.17) is 15.2 Å². The predicted molar refractivity (Wildman–Crippen MR) is 132 cm³/mol. The Morgan fingerprint density at radius 2 is 1.74 bits per heavy atom. The first kappa shape index (κ1) is 24.8. The van der Waals surface area contributed by atoms with Gasteiger partial charge in [-0.3, -0.25) is 19.1 Å². The SMILES string of the molecule is COCCN(C(=O)CCOc1cc(C)cc(C)c1)c1c(N)n(Cc2ccccc2)c(=O)[nH]c1=O. The zero-order valence-corrected chi connectivity index (χ0v) is 19.7. The van der Waals surface area contributed by atoms with Crippen LogP contribution in [0.3, 0.4) is 0 Å². The van der Waals surface area contributed by atoms with Crippen LogP contribution in [0.2, 0.25) is 0 Å². The van der Waals surface area contributed by atoms with E-state index >= 15 is 0 Å². The second-order valence-electron chi connectivity index (χ2n) is 8.02. The van der Waals surface area contributed by atoms with Crippen LogP contribution in [0.4, 0.5) is 11.5 Å². The Kier molecular flexibility index (Phi) is 8.26. The molecular weight excluding hydrogens is 436 g/mol. The zero-order valence-electron chi connectivity index (χ0n) is 19.7. The summed E-state index contributed by atoms with van der Waals surface area (Å²) in [5.41, 5.74) is 7.76. The normalized spacial score (nSPS) is 10.8. The summed E-state index contributed by atoms with van der Waals surface area (Å²) in [6, 6.07) is 15.0. The van der Waals surface area contributed by atoms with Crippen LogP contribution in [-0.2, 0) is 16.1 Å². The van der Waals surface area contributed by atoms with Crippen molar-refractivity contribution in [1.82, 2.24) is 9.55 Å². The molecule has 0 atom stereocenters. The van der Waals surface area contributed by atoms with E-state index in [1.807, 2.05) is 62.4 Å². The molecule has 9 heteroatoms. The molecule has 3 rings (SSSR count). The average Bonchev–Trinajstić information content (AvgIpc) is 2.78. The molecule has 1 aromatic heterocycles. The van der Waals surface area contributed by atoms with Crippen molar-refractivity contribution in [3.8, 4) is 5.75 Å². The van der Waals surface area contributed by atoms with Crippen LogP contribution in [0.25, 0.3) is 0 Å². The van der Waals surface area contributed by atoms with Gasteiger partial charge in [0.2, 0.25) is 5.91 Å². The number of aromatic amines is 1. The topological polar surface area (TPSA) is 120 Å². The van der Waals surface area contributed by atoms with Crippen molar-refractivity contribution in [1.29, 1.82) is 0 Å². The van der Waals surface area contributed by atoms with Crippen molar-refractivity contribution in [2.24, 2.45) is 0 Å². The van der Waals surface area contributed by atoms with Crippen molar-refractivity contribution in [2.75, 3.05) is 37.5 Å². The van der Waals surface area contributed by atoms with E-state index in [2.05, 4.69) is 4.98 Å². The van der Waals surface area contributed by atoms with Crippen LogP contribution in [0.5, 0.6) is 5.75 Å². The van der Waals surface area contributed by atoms with Gasteiger partial charge >= 0.3 is 5.69 Å². The number of hydrogen-bond acceptors (Lipinski definition) is 6. The average molecular weight is 467 g/mol. The summed E-state index contributed by atoms with van der Waals surface area (Å²) in [5.74, 6) is 0.211. The summed E-state index contributed by atoms with van der Waals surface area (Å²) in [7, 11) is 1.50. The molecule has 0 saturated carbocycles. The molecule has 3 aromatic rings. The molecule has 0 spiro atoms. The smallest absolute Gasteiger partial charge is 0.330 e. The van der Waals surface area contributed by atoms with Crippen LogP contribution in [0.15, 0.2) is 58.1 Å². The molecule has 180 valence electrons. The monoisotopic (exact) mass is 466 g/mol. The number of ether oxygens (including phenoxy) is 2. The van der Waals surface area contributed by atoms with E-state index in [0.29, 0.717) is 5.75 Å². The van der Waals surface area contributed by atoms with E-state index in [1.165, 1.54) is 16.6 Å². The number of rotatable bonds is 10. The van der Waals surface area contributed by atoms with E-state index in [-0.39, 0.29) is 50.1 Å². The van der Waals surface area contributed by atoms with Gasteiger partial charge in [-0.15, -0.1) is 0 Å². The fourth-order valence-corrected chi connectivity index (χ4v) is 3.71. The molecule has 0 aliphatic rings. The molecule has 0 unspecified atom stereocenters. The number of amides is 1. The molecule has 1 heterocycles. The fourth-order valence-electron chi connectivity index (χ4n) is 3.71. The highest BCUT2D eigenvalue weighted by molar-refractivity contribution is 5.95. The lowest BCUT2D eigenvalue weighted by Crippen LogP contribution is -2.43. The minimum absolute atomic E-state index is 0.00734. The van der Waals surface area contributed by atoms with Crippen LogP contribution >= 0.6 is 0 Å². The van der Waals surface area contributed by atoms with Gasteiger partial charge < -0.3 is 20.1 Å². The van der Waals surface area contributed by atoms with Gasteiger partial charge in [-0.2, -0.15) is 0 Å². The maximum absolute atomic E-state index is 13.1. The summed E-state index contributed by atoms with van der Waals surface area (Å²) < 4.78 is 12.1. The minimum atomic E-state index is -0.730. The third kappa shape index (κ3) is 6.14. The quantitative estimate of drug-likeness (QED) is 0.473. The van der Waals surface area contributed by atoms with Crippen LogP contribution < -0.4 is 26.6 Å². The number of methoxy groups -OCH3 is 1. The molecular formula is C25H30N4O5. The summed E-state index contributed by atoms with van der Waals surface area (Å²) in [4.78, 5) is 41.9. The molecule has 0 aliphatic heterocycles. The third-order valence-corrected chi connectivity index (χ3v) is 5.27. The van der Waals surface area contributed by atoms with Crippen LogP contribution in [0.1, 0.15) is 23.1 Å². The first-order valence-corrected chi connectivity index (χ1v) is 11.0. The maximum Gasteiger partial charge on any atom is 0.330 e. The zero-order chi connectivity index (χ0) is 24.7. The van der Waals surface area contributed by atoms with Crippen LogP contribution in [0, 0.1) is 13.8 Å². The summed E-state index contributed by atoms with van der Waals surface area (Å²) in [5, 5.41) is 0. The van der Waals surface area contributed by atoms with Crippen LogP contribution in [-0.4, -0.2) is 42.3 Å². The van der Waals surface area contributed by atoms with Crippen molar-refractivity contribution in [2.45, 2.75) is 26.8 Å². The van der Waals surface area contributed by atoms with E-state index in [9.17, 15) is 14.4 Å². The number of H-pyrrole nitrogens is 1. The second-order valence-corrected chi connectivity index (χ2v) is 8.02. The number of benzene rings is 2. The molecule has 0 fully saturated rings. The lowest BCUT2D eigenvalue weighted by Gasteiger charge is -2.24. The number of nitrogens with one attached hydrogen (secondary N) is 1. The number of carbonyl (C=O) groups excluding carboxylic acids is 1. The lowest BCUT2D eigenvalue weighted by molar-refractivity contribution is -0.119. The van der Waals surface area contributed by atoms with Gasteiger partial charge in [0.25, 0.3) is 5.56 Å². The Balaban J connectivity index is 1.85. The van der Waals surface area contributed by atoms with Gasteiger partial charge in [-0.25, -0.2) is 4.79 Å². The van der Waals surface area contributed by atoms with Gasteiger partial charge in [-0.1, -0.05) is 36.4 Å². The highest BCUT2D eigenvalue weighted by Gasteiger charge is 2.24. The van der Waals surface area contributed by atoms with Gasteiger partial charge in [0, 0.05) is 13.7 Å². The maximum atomic E-state index is 13.1. The second kappa shape index (κ2) is 11.3. The highest BCUT2D eigenvalue weighted by Crippen LogP contribution is 2.20.